The molecule has 5 nitrogen and oxygen atoms in total. The van der Waals surface area contributed by atoms with Gasteiger partial charge in [-0.2, -0.15) is 0 Å². The molecule has 0 aliphatic carbocycles. The number of likely N-dealkylation sites (tertiary alicyclic amines) is 1. The first-order chi connectivity index (χ1) is 11.5. The van der Waals surface area contributed by atoms with Gasteiger partial charge in [0.1, 0.15) is 5.75 Å². The first-order valence-corrected chi connectivity index (χ1v) is 8.68. The molecule has 5 heteroatoms. The van der Waals surface area contributed by atoms with E-state index in [4.69, 9.17) is 4.74 Å². The van der Waals surface area contributed by atoms with Crippen LogP contribution in [0.15, 0.2) is 24.3 Å². The predicted octanol–water partition coefficient (Wildman–Crippen LogP) is 2.25. The maximum atomic E-state index is 12.3. The Labute approximate surface area is 144 Å². The lowest BCUT2D eigenvalue weighted by Gasteiger charge is -2.17. The number of amides is 2. The van der Waals surface area contributed by atoms with Crippen LogP contribution in [0.1, 0.15) is 32.3 Å². The summed E-state index contributed by atoms with van der Waals surface area (Å²) >= 11 is 0. The monoisotopic (exact) mass is 332 g/mol. The number of para-hydroxylation sites is 1. The van der Waals surface area contributed by atoms with Crippen LogP contribution in [0.2, 0.25) is 0 Å². The molecule has 0 spiro atoms. The van der Waals surface area contributed by atoms with Gasteiger partial charge in [0.2, 0.25) is 11.8 Å². The lowest BCUT2D eigenvalue weighted by Crippen LogP contribution is -2.34. The van der Waals surface area contributed by atoms with E-state index in [-0.39, 0.29) is 17.7 Å². The van der Waals surface area contributed by atoms with E-state index in [1.54, 1.807) is 7.11 Å². The van der Waals surface area contributed by atoms with Crippen molar-refractivity contribution in [3.05, 3.63) is 29.8 Å². The third-order valence-electron chi connectivity index (χ3n) is 4.45. The molecule has 1 heterocycles. The summed E-state index contributed by atoms with van der Waals surface area (Å²) < 4.78 is 5.31. The molecule has 0 saturated carbocycles. The lowest BCUT2D eigenvalue weighted by atomic mass is 10.1. The van der Waals surface area contributed by atoms with E-state index in [2.05, 4.69) is 19.2 Å². The molecule has 1 aromatic rings. The van der Waals surface area contributed by atoms with Crippen LogP contribution < -0.4 is 10.1 Å². The minimum absolute atomic E-state index is 0.0229. The highest BCUT2D eigenvalue weighted by molar-refractivity contribution is 5.89. The fourth-order valence-electron chi connectivity index (χ4n) is 2.95. The Bertz CT molecular complexity index is 571. The first-order valence-electron chi connectivity index (χ1n) is 8.68. The third-order valence-corrected chi connectivity index (χ3v) is 4.45. The molecule has 1 unspecified atom stereocenters. The van der Waals surface area contributed by atoms with Crippen molar-refractivity contribution in [2.75, 3.05) is 26.7 Å². The molecule has 0 radical (unpaired) electrons. The van der Waals surface area contributed by atoms with Crippen LogP contribution in [0, 0.1) is 11.8 Å². The highest BCUT2D eigenvalue weighted by atomic mass is 16.5. The third kappa shape index (κ3) is 4.98. The van der Waals surface area contributed by atoms with E-state index in [1.165, 1.54) is 0 Å². The van der Waals surface area contributed by atoms with Gasteiger partial charge >= 0.3 is 0 Å². The second-order valence-corrected chi connectivity index (χ2v) is 6.78. The summed E-state index contributed by atoms with van der Waals surface area (Å²) in [5, 5.41) is 2.96. The van der Waals surface area contributed by atoms with Crippen molar-refractivity contribution in [1.29, 1.82) is 0 Å². The molecule has 1 aliphatic heterocycles. The number of methoxy groups -OCH3 is 1. The van der Waals surface area contributed by atoms with Crippen LogP contribution >= 0.6 is 0 Å². The van der Waals surface area contributed by atoms with Crippen LogP contribution in [0.25, 0.3) is 0 Å². The summed E-state index contributed by atoms with van der Waals surface area (Å²) in [5.41, 5.74) is 1.07. The smallest absolute Gasteiger partial charge is 0.225 e. The van der Waals surface area contributed by atoms with E-state index < -0.39 is 0 Å². The van der Waals surface area contributed by atoms with Crippen molar-refractivity contribution in [3.63, 3.8) is 0 Å². The van der Waals surface area contributed by atoms with E-state index in [9.17, 15) is 9.59 Å². The second-order valence-electron chi connectivity index (χ2n) is 6.78. The van der Waals surface area contributed by atoms with Crippen LogP contribution in [0.4, 0.5) is 0 Å². The molecule has 1 aromatic carbocycles. The molecule has 1 aliphatic rings. The molecule has 132 valence electrons. The molecular weight excluding hydrogens is 304 g/mol. The normalized spacial score (nSPS) is 17.4. The highest BCUT2D eigenvalue weighted by Crippen LogP contribution is 2.20. The standard InChI is InChI=1S/C19H28N2O3/c1-14(2)9-11-21-13-16(12-18(21)22)19(23)20-10-8-15-6-4-5-7-17(15)24-3/h4-7,14,16H,8-13H2,1-3H3,(H,20,23). The number of rotatable bonds is 8. The van der Waals surface area contributed by atoms with Gasteiger partial charge in [0, 0.05) is 26.1 Å². The molecule has 1 saturated heterocycles. The topological polar surface area (TPSA) is 58.6 Å². The average Bonchev–Trinajstić information content (AvgIpc) is 2.94. The summed E-state index contributed by atoms with van der Waals surface area (Å²) in [4.78, 5) is 26.1. The number of benzene rings is 1. The molecule has 2 rings (SSSR count). The van der Waals surface area contributed by atoms with Crippen LogP contribution in [-0.2, 0) is 16.0 Å². The Kier molecular flexibility index (Phi) is 6.64. The molecule has 24 heavy (non-hydrogen) atoms. The van der Waals surface area contributed by atoms with Gasteiger partial charge in [-0.3, -0.25) is 9.59 Å². The predicted molar refractivity (Wildman–Crippen MR) is 93.8 cm³/mol. The zero-order valence-corrected chi connectivity index (χ0v) is 14.9. The molecular formula is C19H28N2O3. The van der Waals surface area contributed by atoms with Crippen LogP contribution in [-0.4, -0.2) is 43.5 Å². The van der Waals surface area contributed by atoms with Crippen molar-refractivity contribution >= 4 is 11.8 Å². The second kappa shape index (κ2) is 8.71. The summed E-state index contributed by atoms with van der Waals surface area (Å²) in [6.07, 6.45) is 2.03. The molecule has 0 bridgehead atoms. The number of hydrogen-bond donors (Lipinski definition) is 1. The van der Waals surface area contributed by atoms with E-state index in [0.717, 1.165) is 24.3 Å². The first kappa shape index (κ1) is 18.3. The zero-order valence-electron chi connectivity index (χ0n) is 14.9. The van der Waals surface area contributed by atoms with E-state index in [1.807, 2.05) is 29.2 Å². The Hall–Kier alpha value is -2.04. The SMILES string of the molecule is COc1ccccc1CCNC(=O)C1CC(=O)N(CCC(C)C)C1. The van der Waals surface area contributed by atoms with E-state index in [0.29, 0.717) is 31.8 Å². The Morgan fingerprint density at radius 1 is 1.38 bits per heavy atom. The molecule has 2 amide bonds. The van der Waals surface area contributed by atoms with Gasteiger partial charge < -0.3 is 15.0 Å². The fourth-order valence-corrected chi connectivity index (χ4v) is 2.95. The zero-order chi connectivity index (χ0) is 17.5. The van der Waals surface area contributed by atoms with Crippen molar-refractivity contribution < 1.29 is 14.3 Å². The summed E-state index contributed by atoms with van der Waals surface area (Å²) in [6, 6.07) is 7.80. The minimum Gasteiger partial charge on any atom is -0.496 e. The van der Waals surface area contributed by atoms with Gasteiger partial charge in [0.25, 0.3) is 0 Å². The van der Waals surface area contributed by atoms with Gasteiger partial charge in [0.05, 0.1) is 13.0 Å². The highest BCUT2D eigenvalue weighted by Gasteiger charge is 2.33. The quantitative estimate of drug-likeness (QED) is 0.794. The fraction of sp³-hybridized carbons (Fsp3) is 0.579. The largest absolute Gasteiger partial charge is 0.496 e. The van der Waals surface area contributed by atoms with Crippen molar-refractivity contribution in [1.82, 2.24) is 10.2 Å². The number of carbonyl (C=O) groups excluding carboxylic acids is 2. The summed E-state index contributed by atoms with van der Waals surface area (Å²) in [6.45, 7) is 6.13. The summed E-state index contributed by atoms with van der Waals surface area (Å²) in [7, 11) is 1.65. The maximum absolute atomic E-state index is 12.3. The van der Waals surface area contributed by atoms with Crippen molar-refractivity contribution in [2.24, 2.45) is 11.8 Å². The van der Waals surface area contributed by atoms with Gasteiger partial charge in [-0.25, -0.2) is 0 Å². The molecule has 1 N–H and O–H groups in total. The van der Waals surface area contributed by atoms with Gasteiger partial charge in [-0.15, -0.1) is 0 Å². The summed E-state index contributed by atoms with van der Waals surface area (Å²) in [5.74, 6) is 1.25. The number of ether oxygens (including phenoxy) is 1. The average molecular weight is 332 g/mol. The van der Waals surface area contributed by atoms with Gasteiger partial charge in [-0.05, 0) is 30.4 Å². The van der Waals surface area contributed by atoms with E-state index >= 15 is 0 Å². The molecule has 1 atom stereocenters. The number of nitrogens with one attached hydrogen (secondary N) is 1. The van der Waals surface area contributed by atoms with Crippen molar-refractivity contribution in [2.45, 2.75) is 33.1 Å². The lowest BCUT2D eigenvalue weighted by molar-refractivity contribution is -0.129. The van der Waals surface area contributed by atoms with Gasteiger partial charge in [-0.1, -0.05) is 32.0 Å². The number of nitrogens with zero attached hydrogens (tertiary/aromatic N) is 1. The maximum Gasteiger partial charge on any atom is 0.225 e. The number of carbonyl (C=O) groups is 2. The molecule has 0 aromatic heterocycles. The van der Waals surface area contributed by atoms with Crippen molar-refractivity contribution in [3.8, 4) is 5.75 Å². The minimum atomic E-state index is -0.220. The Morgan fingerprint density at radius 3 is 2.83 bits per heavy atom. The van der Waals surface area contributed by atoms with Gasteiger partial charge in [0.15, 0.2) is 0 Å². The molecule has 1 fully saturated rings. The Morgan fingerprint density at radius 2 is 2.12 bits per heavy atom. The Balaban J connectivity index is 1.78. The van der Waals surface area contributed by atoms with Crippen LogP contribution in [0.3, 0.4) is 0 Å². The number of hydrogen-bond acceptors (Lipinski definition) is 3. The van der Waals surface area contributed by atoms with Crippen LogP contribution in [0.5, 0.6) is 5.75 Å².